The number of hydrogen-bond donors (Lipinski definition) is 0. The number of morpholine rings is 1. The maximum absolute atomic E-state index is 13.9. The lowest BCUT2D eigenvalue weighted by molar-refractivity contribution is -0.601. The SMILES string of the molecule is FC(F)(F)C(F)(F)N(C(F)(F)C(F)(F)F)C(F)(F)C(F)(F)C(F)(F)N1C(F)(F)C(F)(F)OC(F)(F)C1(F)F. The molecule has 0 saturated carbocycles. The van der Waals surface area contributed by atoms with E-state index in [9.17, 15) is 105 Å². The molecule has 0 aliphatic carbocycles. The van der Waals surface area contributed by atoms with Crippen molar-refractivity contribution in [2.75, 3.05) is 0 Å². The third kappa shape index (κ3) is 4.25. The van der Waals surface area contributed by atoms with Crippen LogP contribution in [-0.2, 0) is 4.74 Å². The van der Waals surface area contributed by atoms with Gasteiger partial charge in [-0.3, -0.25) is 0 Å². The van der Waals surface area contributed by atoms with Crippen LogP contribution < -0.4 is 0 Å². The first-order valence-electron chi connectivity index (χ1n) is 7.79. The van der Waals surface area contributed by atoms with Gasteiger partial charge in [0.1, 0.15) is 0 Å². The zero-order chi connectivity index (χ0) is 31.4. The molecule has 0 spiro atoms. The zero-order valence-electron chi connectivity index (χ0n) is 15.9. The van der Waals surface area contributed by atoms with Gasteiger partial charge in [0, 0.05) is 0 Å². The van der Waals surface area contributed by atoms with E-state index in [1.807, 2.05) is 0 Å². The number of nitrogens with zero attached hydrogens (tertiary/aromatic N) is 2. The molecule has 38 heavy (non-hydrogen) atoms. The van der Waals surface area contributed by atoms with Crippen LogP contribution in [0.3, 0.4) is 0 Å². The highest BCUT2D eigenvalue weighted by atomic mass is 19.4. The Balaban J connectivity index is 4.15. The minimum Gasteiger partial charge on any atom is -0.243 e. The van der Waals surface area contributed by atoms with Crippen molar-refractivity contribution in [1.82, 2.24) is 9.80 Å². The van der Waals surface area contributed by atoms with Crippen LogP contribution in [-0.4, -0.2) is 76.6 Å². The van der Waals surface area contributed by atoms with E-state index in [2.05, 4.69) is 0 Å². The van der Waals surface area contributed by atoms with E-state index in [0.29, 0.717) is 0 Å². The lowest BCUT2D eigenvalue weighted by Gasteiger charge is -2.52. The highest BCUT2D eigenvalue weighted by Crippen LogP contribution is 2.64. The Kier molecular flexibility index (Phi) is 7.32. The number of rotatable bonds is 6. The standard InChI is InChI=1S/C11F24N2O/c12-1(13,4(20,21)36(6(24,25)2(14,15)16)7(26,27)3(17,18)19)5(22,23)37-8(28,29)10(32,33)38-11(34,35)9(37,30)31. The fourth-order valence-corrected chi connectivity index (χ4v) is 2.32. The monoisotopic (exact) mass is 632 g/mol. The molecule has 27 heteroatoms. The van der Waals surface area contributed by atoms with Gasteiger partial charge in [0.15, 0.2) is 0 Å². The molecule has 1 aliphatic heterocycles. The van der Waals surface area contributed by atoms with Gasteiger partial charge >= 0.3 is 66.8 Å². The van der Waals surface area contributed by atoms with E-state index in [4.69, 9.17) is 0 Å². The van der Waals surface area contributed by atoms with Crippen LogP contribution in [0.4, 0.5) is 105 Å². The lowest BCUT2D eigenvalue weighted by Crippen LogP contribution is -2.83. The summed E-state index contributed by atoms with van der Waals surface area (Å²) in [5.41, 5.74) is 0. The summed E-state index contributed by atoms with van der Waals surface area (Å²) in [4.78, 5) is -10.4. The summed E-state index contributed by atoms with van der Waals surface area (Å²) >= 11 is 0. The minimum atomic E-state index is -9.39. The summed E-state index contributed by atoms with van der Waals surface area (Å²) in [5, 5.41) is 0. The predicted octanol–water partition coefficient (Wildman–Crippen LogP) is 7.12. The van der Waals surface area contributed by atoms with Gasteiger partial charge < -0.3 is 0 Å². The highest BCUT2D eigenvalue weighted by molar-refractivity contribution is 5.07. The third-order valence-electron chi connectivity index (χ3n) is 4.08. The van der Waals surface area contributed by atoms with Crippen LogP contribution in [0.2, 0.25) is 0 Å². The van der Waals surface area contributed by atoms with Crippen LogP contribution in [0.25, 0.3) is 0 Å². The largest absolute Gasteiger partial charge is 0.469 e. The molecule has 228 valence electrons. The Bertz CT molecular complexity index is 846. The molecule has 0 N–H and O–H groups in total. The molecule has 1 fully saturated rings. The molecule has 0 aromatic rings. The number of ether oxygens (including phenoxy) is 1. The maximum atomic E-state index is 13.9. The van der Waals surface area contributed by atoms with Crippen molar-refractivity contribution < 1.29 is 110 Å². The Morgan fingerprint density at radius 2 is 0.711 bits per heavy atom. The van der Waals surface area contributed by atoms with E-state index in [1.54, 1.807) is 0 Å². The normalized spacial score (nSPS) is 23.6. The van der Waals surface area contributed by atoms with Crippen LogP contribution in [0.1, 0.15) is 0 Å². The van der Waals surface area contributed by atoms with Crippen molar-refractivity contribution in [1.29, 1.82) is 0 Å². The van der Waals surface area contributed by atoms with Gasteiger partial charge in [-0.15, -0.1) is 0 Å². The summed E-state index contributed by atoms with van der Waals surface area (Å²) in [7, 11) is 0. The summed E-state index contributed by atoms with van der Waals surface area (Å²) in [6, 6.07) is -52.3. The first kappa shape index (κ1) is 34.2. The first-order valence-corrected chi connectivity index (χ1v) is 7.79. The second-order valence-corrected chi connectivity index (χ2v) is 6.62. The summed E-state index contributed by atoms with van der Waals surface area (Å²) < 4.78 is 317. The van der Waals surface area contributed by atoms with Gasteiger partial charge in [-0.1, -0.05) is 9.80 Å². The van der Waals surface area contributed by atoms with Crippen LogP contribution in [0, 0.1) is 0 Å². The van der Waals surface area contributed by atoms with E-state index < -0.39 is 76.6 Å². The lowest BCUT2D eigenvalue weighted by atomic mass is 10.1. The molecule has 1 saturated heterocycles. The molecular formula is C11F24N2O. The smallest absolute Gasteiger partial charge is 0.243 e. The molecule has 3 nitrogen and oxygen atoms in total. The van der Waals surface area contributed by atoms with Gasteiger partial charge in [-0.2, -0.15) is 105 Å². The molecule has 0 aromatic carbocycles. The molecule has 1 aliphatic rings. The van der Waals surface area contributed by atoms with E-state index in [1.165, 1.54) is 4.74 Å². The van der Waals surface area contributed by atoms with Crippen LogP contribution >= 0.6 is 0 Å². The second-order valence-electron chi connectivity index (χ2n) is 6.62. The molecular weight excluding hydrogens is 632 g/mol. The van der Waals surface area contributed by atoms with Crippen LogP contribution in [0.15, 0.2) is 0 Å². The number of alkyl halides is 24. The molecule has 0 bridgehead atoms. The molecule has 0 atom stereocenters. The minimum absolute atomic E-state index is 1.44. The fraction of sp³-hybridized carbons (Fsp3) is 1.00. The predicted molar refractivity (Wildman–Crippen MR) is 61.4 cm³/mol. The molecule has 0 radical (unpaired) electrons. The van der Waals surface area contributed by atoms with E-state index in [0.717, 1.165) is 0 Å². The Hall–Kier alpha value is -1.80. The zero-order valence-corrected chi connectivity index (χ0v) is 15.9. The fourth-order valence-electron chi connectivity index (χ4n) is 2.32. The van der Waals surface area contributed by atoms with E-state index >= 15 is 0 Å². The average Bonchev–Trinajstić information content (AvgIpc) is 2.55. The van der Waals surface area contributed by atoms with Gasteiger partial charge in [0.2, 0.25) is 0 Å². The van der Waals surface area contributed by atoms with Crippen molar-refractivity contribution >= 4 is 0 Å². The molecule has 0 amide bonds. The van der Waals surface area contributed by atoms with Gasteiger partial charge in [0.05, 0.1) is 0 Å². The maximum Gasteiger partial charge on any atom is 0.469 e. The molecule has 1 rings (SSSR count). The van der Waals surface area contributed by atoms with Crippen molar-refractivity contribution in [2.24, 2.45) is 0 Å². The van der Waals surface area contributed by atoms with Gasteiger partial charge in [-0.05, 0) is 0 Å². The third-order valence-corrected chi connectivity index (χ3v) is 4.08. The van der Waals surface area contributed by atoms with E-state index in [-0.39, 0.29) is 0 Å². The average molecular weight is 632 g/mol. The molecule has 1 heterocycles. The topological polar surface area (TPSA) is 15.7 Å². The van der Waals surface area contributed by atoms with Crippen LogP contribution in [0.5, 0.6) is 0 Å². The first-order chi connectivity index (χ1) is 15.9. The van der Waals surface area contributed by atoms with Crippen molar-refractivity contribution in [2.45, 2.75) is 66.8 Å². The highest BCUT2D eigenvalue weighted by Gasteiger charge is 2.95. The Labute approximate surface area is 188 Å². The number of hydrogen-bond acceptors (Lipinski definition) is 3. The number of halogens is 24. The van der Waals surface area contributed by atoms with Gasteiger partial charge in [-0.25, -0.2) is 4.74 Å². The second kappa shape index (κ2) is 8.12. The molecule has 0 aromatic heterocycles. The summed E-state index contributed by atoms with van der Waals surface area (Å²) in [5.74, 6) is -9.39. The summed E-state index contributed by atoms with van der Waals surface area (Å²) in [6.45, 7) is 0. The van der Waals surface area contributed by atoms with Crippen molar-refractivity contribution in [3.63, 3.8) is 0 Å². The van der Waals surface area contributed by atoms with Crippen molar-refractivity contribution in [3.8, 4) is 0 Å². The Morgan fingerprint density at radius 3 is 0.947 bits per heavy atom. The summed E-state index contributed by atoms with van der Waals surface area (Å²) in [6.07, 6.45) is -31.9. The van der Waals surface area contributed by atoms with Gasteiger partial charge in [0.25, 0.3) is 0 Å². The molecule has 0 unspecified atom stereocenters. The quantitative estimate of drug-likeness (QED) is 0.229. The Morgan fingerprint density at radius 1 is 0.447 bits per heavy atom. The van der Waals surface area contributed by atoms with Crippen molar-refractivity contribution in [3.05, 3.63) is 0 Å².